The van der Waals surface area contributed by atoms with Crippen molar-refractivity contribution in [1.29, 1.82) is 0 Å². The first-order chi connectivity index (χ1) is 8.53. The van der Waals surface area contributed by atoms with Gasteiger partial charge in [0.25, 0.3) is 0 Å². The Hall–Kier alpha value is -0.150. The van der Waals surface area contributed by atoms with E-state index in [2.05, 4.69) is 72.0 Å². The number of aryl methyl sites for hydroxylation is 1. The third-order valence-corrected chi connectivity index (χ3v) is 5.45. The summed E-state index contributed by atoms with van der Waals surface area (Å²) >= 11 is 5.62. The monoisotopic (exact) mass is 327 g/mol. The maximum absolute atomic E-state index is 3.78. The van der Waals surface area contributed by atoms with Crippen molar-refractivity contribution in [1.82, 2.24) is 0 Å². The lowest BCUT2D eigenvalue weighted by atomic mass is 9.82. The molecule has 3 heteroatoms. The van der Waals surface area contributed by atoms with Crippen LogP contribution in [0.25, 0.3) is 0 Å². The van der Waals surface area contributed by atoms with Gasteiger partial charge in [0, 0.05) is 22.0 Å². The summed E-state index contributed by atoms with van der Waals surface area (Å²) in [5, 5.41) is 3.78. The highest BCUT2D eigenvalue weighted by molar-refractivity contribution is 9.10. The van der Waals surface area contributed by atoms with Crippen LogP contribution in [0.15, 0.2) is 22.7 Å². The molecule has 1 aliphatic heterocycles. The predicted molar refractivity (Wildman–Crippen MR) is 86.7 cm³/mol. The van der Waals surface area contributed by atoms with Crippen molar-refractivity contribution in [3.05, 3.63) is 28.2 Å². The standard InChI is InChI=1S/C15H22BrNS/c1-4-11-9-12(16)5-6-13(11)17-14-10-18-8-7-15(14,2)3/h5-6,9,14,17H,4,7-8,10H2,1-3H3. The molecule has 0 aromatic heterocycles. The van der Waals surface area contributed by atoms with Crippen LogP contribution in [0.1, 0.15) is 32.8 Å². The molecule has 0 saturated carbocycles. The van der Waals surface area contributed by atoms with E-state index in [1.165, 1.54) is 33.7 Å². The highest BCUT2D eigenvalue weighted by Gasteiger charge is 2.32. The molecule has 1 aromatic carbocycles. The zero-order chi connectivity index (χ0) is 13.2. The normalized spacial score (nSPS) is 22.8. The highest BCUT2D eigenvalue weighted by atomic mass is 79.9. The smallest absolute Gasteiger partial charge is 0.0403 e. The molecule has 1 aromatic rings. The number of rotatable bonds is 3. The van der Waals surface area contributed by atoms with Crippen LogP contribution in [0, 0.1) is 5.41 Å². The summed E-state index contributed by atoms with van der Waals surface area (Å²) in [7, 11) is 0. The third kappa shape index (κ3) is 3.24. The molecule has 1 aliphatic rings. The first-order valence-electron chi connectivity index (χ1n) is 6.65. The molecule has 0 aliphatic carbocycles. The first-order valence-corrected chi connectivity index (χ1v) is 8.60. The van der Waals surface area contributed by atoms with Gasteiger partial charge in [-0.25, -0.2) is 0 Å². The molecule has 1 nitrogen and oxygen atoms in total. The van der Waals surface area contributed by atoms with Crippen LogP contribution < -0.4 is 5.32 Å². The lowest BCUT2D eigenvalue weighted by molar-refractivity contribution is 0.305. The van der Waals surface area contributed by atoms with Crippen LogP contribution in [0.3, 0.4) is 0 Å². The lowest BCUT2D eigenvalue weighted by Crippen LogP contribution is -2.41. The molecule has 0 amide bonds. The Bertz CT molecular complexity index is 417. The third-order valence-electron chi connectivity index (χ3n) is 3.90. The van der Waals surface area contributed by atoms with Crippen molar-refractivity contribution in [2.75, 3.05) is 16.8 Å². The molecule has 1 heterocycles. The van der Waals surface area contributed by atoms with Crippen LogP contribution in [0.2, 0.25) is 0 Å². The van der Waals surface area contributed by atoms with Crippen molar-refractivity contribution in [2.24, 2.45) is 5.41 Å². The molecule has 2 rings (SSSR count). The van der Waals surface area contributed by atoms with E-state index in [0.29, 0.717) is 11.5 Å². The average molecular weight is 328 g/mol. The Morgan fingerprint density at radius 3 is 2.89 bits per heavy atom. The van der Waals surface area contributed by atoms with Gasteiger partial charge in [0.15, 0.2) is 0 Å². The van der Waals surface area contributed by atoms with Gasteiger partial charge in [0.05, 0.1) is 0 Å². The molecule has 1 unspecified atom stereocenters. The Balaban J connectivity index is 2.17. The zero-order valence-electron chi connectivity index (χ0n) is 11.4. The first kappa shape index (κ1) is 14.3. The summed E-state index contributed by atoms with van der Waals surface area (Å²) in [5.74, 6) is 2.51. The van der Waals surface area contributed by atoms with Crippen LogP contribution in [0.4, 0.5) is 5.69 Å². The van der Waals surface area contributed by atoms with Crippen molar-refractivity contribution in [3.8, 4) is 0 Å². The van der Waals surface area contributed by atoms with Crippen molar-refractivity contribution >= 4 is 33.4 Å². The highest BCUT2D eigenvalue weighted by Crippen LogP contribution is 2.36. The summed E-state index contributed by atoms with van der Waals surface area (Å²) in [6, 6.07) is 7.14. The van der Waals surface area contributed by atoms with E-state index in [0.717, 1.165) is 6.42 Å². The maximum atomic E-state index is 3.78. The molecule has 1 N–H and O–H groups in total. The predicted octanol–water partition coefficient (Wildman–Crippen LogP) is 4.96. The van der Waals surface area contributed by atoms with E-state index in [4.69, 9.17) is 0 Å². The van der Waals surface area contributed by atoms with Crippen molar-refractivity contribution < 1.29 is 0 Å². The van der Waals surface area contributed by atoms with Gasteiger partial charge >= 0.3 is 0 Å². The largest absolute Gasteiger partial charge is 0.381 e. The van der Waals surface area contributed by atoms with Crippen molar-refractivity contribution in [3.63, 3.8) is 0 Å². The quantitative estimate of drug-likeness (QED) is 0.842. The summed E-state index contributed by atoms with van der Waals surface area (Å²) in [5.41, 5.74) is 3.10. The molecule has 100 valence electrons. The van der Waals surface area contributed by atoms with E-state index in [1.807, 2.05) is 0 Å². The summed E-state index contributed by atoms with van der Waals surface area (Å²) in [6.07, 6.45) is 2.37. The molecule has 1 atom stereocenters. The fourth-order valence-corrected chi connectivity index (χ4v) is 4.37. The van der Waals surface area contributed by atoms with Crippen LogP contribution in [0.5, 0.6) is 0 Å². The van der Waals surface area contributed by atoms with E-state index in [-0.39, 0.29) is 0 Å². The average Bonchev–Trinajstić information content (AvgIpc) is 2.33. The van der Waals surface area contributed by atoms with Crippen molar-refractivity contribution in [2.45, 2.75) is 39.7 Å². The van der Waals surface area contributed by atoms with Crippen LogP contribution in [-0.2, 0) is 6.42 Å². The summed E-state index contributed by atoms with van der Waals surface area (Å²) in [4.78, 5) is 0. The van der Waals surface area contributed by atoms with Gasteiger partial charge in [-0.15, -0.1) is 0 Å². The summed E-state index contributed by atoms with van der Waals surface area (Å²) < 4.78 is 1.17. The fraction of sp³-hybridized carbons (Fsp3) is 0.600. The number of benzene rings is 1. The Labute approximate surface area is 123 Å². The van der Waals surface area contributed by atoms with Gasteiger partial charge in [-0.2, -0.15) is 11.8 Å². The maximum Gasteiger partial charge on any atom is 0.0403 e. The molecule has 0 spiro atoms. The van der Waals surface area contributed by atoms with E-state index >= 15 is 0 Å². The van der Waals surface area contributed by atoms with Crippen LogP contribution in [-0.4, -0.2) is 17.5 Å². The molecular formula is C15H22BrNS. The summed E-state index contributed by atoms with van der Waals surface area (Å²) in [6.45, 7) is 6.98. The molecular weight excluding hydrogens is 306 g/mol. The Kier molecular flexibility index (Phi) is 4.65. The lowest BCUT2D eigenvalue weighted by Gasteiger charge is -2.39. The van der Waals surface area contributed by atoms with Gasteiger partial charge < -0.3 is 5.32 Å². The number of thioether (sulfide) groups is 1. The van der Waals surface area contributed by atoms with Gasteiger partial charge in [-0.05, 0) is 47.8 Å². The molecule has 0 bridgehead atoms. The van der Waals surface area contributed by atoms with E-state index < -0.39 is 0 Å². The van der Waals surface area contributed by atoms with Gasteiger partial charge in [0.2, 0.25) is 0 Å². The second kappa shape index (κ2) is 5.87. The number of hydrogen-bond acceptors (Lipinski definition) is 2. The molecule has 1 fully saturated rings. The van der Waals surface area contributed by atoms with Gasteiger partial charge in [0.1, 0.15) is 0 Å². The van der Waals surface area contributed by atoms with E-state index in [1.54, 1.807) is 0 Å². The minimum atomic E-state index is 0.392. The molecule has 18 heavy (non-hydrogen) atoms. The number of halogens is 1. The van der Waals surface area contributed by atoms with E-state index in [9.17, 15) is 0 Å². The van der Waals surface area contributed by atoms with Crippen LogP contribution >= 0.6 is 27.7 Å². The molecule has 1 saturated heterocycles. The fourth-order valence-electron chi connectivity index (χ4n) is 2.36. The Morgan fingerprint density at radius 1 is 1.44 bits per heavy atom. The van der Waals surface area contributed by atoms with Gasteiger partial charge in [-0.3, -0.25) is 0 Å². The number of hydrogen-bond donors (Lipinski definition) is 1. The second-order valence-electron chi connectivity index (χ2n) is 5.67. The van der Waals surface area contributed by atoms with Gasteiger partial charge in [-0.1, -0.05) is 36.7 Å². The number of nitrogens with one attached hydrogen (secondary N) is 1. The Morgan fingerprint density at radius 2 is 2.22 bits per heavy atom. The number of anilines is 1. The molecule has 0 radical (unpaired) electrons. The second-order valence-corrected chi connectivity index (χ2v) is 7.73. The SMILES string of the molecule is CCc1cc(Br)ccc1NC1CSCCC1(C)C. The minimum Gasteiger partial charge on any atom is -0.381 e. The minimum absolute atomic E-state index is 0.392. The topological polar surface area (TPSA) is 12.0 Å². The zero-order valence-corrected chi connectivity index (χ0v) is 13.8.